The van der Waals surface area contributed by atoms with Gasteiger partial charge in [0.2, 0.25) is 0 Å². The van der Waals surface area contributed by atoms with Crippen molar-refractivity contribution in [2.75, 3.05) is 5.32 Å². The first-order valence-corrected chi connectivity index (χ1v) is 6.04. The highest BCUT2D eigenvalue weighted by Crippen LogP contribution is 2.16. The van der Waals surface area contributed by atoms with Gasteiger partial charge in [0.1, 0.15) is 0 Å². The number of hydrogen-bond donors (Lipinski definition) is 2. The Bertz CT molecular complexity index is 554. The molecule has 2 heterocycles. The molecule has 0 radical (unpaired) electrons. The largest absolute Gasteiger partial charge is 0.362 e. The van der Waals surface area contributed by atoms with E-state index in [2.05, 4.69) is 31.2 Å². The van der Waals surface area contributed by atoms with Crippen LogP contribution in [0.3, 0.4) is 0 Å². The van der Waals surface area contributed by atoms with Gasteiger partial charge in [-0.05, 0) is 22.0 Å². The molecule has 0 bridgehead atoms. The summed E-state index contributed by atoms with van der Waals surface area (Å²) in [7, 11) is 0. The summed E-state index contributed by atoms with van der Waals surface area (Å²) in [6.45, 7) is 0.338. The Kier molecular flexibility index (Phi) is 3.35. The fraction of sp³-hybridized carbons (Fsp3) is 0.111. The van der Waals surface area contributed by atoms with E-state index in [1.807, 2.05) is 0 Å². The number of thiazole rings is 1. The molecule has 0 amide bonds. The van der Waals surface area contributed by atoms with Gasteiger partial charge < -0.3 is 10.3 Å². The van der Waals surface area contributed by atoms with Crippen LogP contribution >= 0.6 is 27.3 Å². The molecule has 0 atom stereocenters. The van der Waals surface area contributed by atoms with E-state index in [0.717, 1.165) is 11.3 Å². The van der Waals surface area contributed by atoms with Crippen molar-refractivity contribution < 1.29 is 4.39 Å². The summed E-state index contributed by atoms with van der Waals surface area (Å²) in [4.78, 5) is 17.2. The normalized spacial score (nSPS) is 10.4. The van der Waals surface area contributed by atoms with Crippen LogP contribution in [0.15, 0.2) is 26.9 Å². The Hall–Kier alpha value is -1.21. The van der Waals surface area contributed by atoms with Gasteiger partial charge in [-0.3, -0.25) is 4.79 Å². The zero-order chi connectivity index (χ0) is 11.5. The van der Waals surface area contributed by atoms with Gasteiger partial charge in [-0.25, -0.2) is 9.37 Å². The summed E-state index contributed by atoms with van der Waals surface area (Å²) >= 11 is 4.19. The van der Waals surface area contributed by atoms with Gasteiger partial charge in [-0.15, -0.1) is 0 Å². The lowest BCUT2D eigenvalue weighted by atomic mass is 10.4. The smallest absolute Gasteiger partial charge is 0.304 e. The van der Waals surface area contributed by atoms with E-state index in [1.165, 1.54) is 12.3 Å². The van der Waals surface area contributed by atoms with E-state index in [4.69, 9.17) is 0 Å². The lowest BCUT2D eigenvalue weighted by Crippen LogP contribution is -2.05. The number of anilines is 1. The third-order valence-corrected chi connectivity index (χ3v) is 2.98. The molecule has 84 valence electrons. The Morgan fingerprint density at radius 1 is 1.62 bits per heavy atom. The van der Waals surface area contributed by atoms with Gasteiger partial charge in [0, 0.05) is 21.7 Å². The molecule has 2 rings (SSSR count). The van der Waals surface area contributed by atoms with E-state index in [1.54, 1.807) is 5.38 Å². The van der Waals surface area contributed by atoms with Crippen molar-refractivity contribution in [1.29, 1.82) is 0 Å². The van der Waals surface area contributed by atoms with Crippen molar-refractivity contribution in [1.82, 2.24) is 9.97 Å². The average Bonchev–Trinajstić information content (AvgIpc) is 2.63. The first-order chi connectivity index (χ1) is 7.65. The van der Waals surface area contributed by atoms with Crippen LogP contribution < -0.4 is 10.2 Å². The Labute approximate surface area is 103 Å². The molecule has 0 aliphatic carbocycles. The van der Waals surface area contributed by atoms with Crippen LogP contribution in [0.5, 0.6) is 0 Å². The minimum absolute atomic E-state index is 0.124. The quantitative estimate of drug-likeness (QED) is 0.915. The maximum atomic E-state index is 13.3. The highest BCUT2D eigenvalue weighted by molar-refractivity contribution is 9.10. The molecule has 0 spiro atoms. The Balaban J connectivity index is 2.07. The summed E-state index contributed by atoms with van der Waals surface area (Å²) in [6.07, 6.45) is 1.50. The van der Waals surface area contributed by atoms with Crippen LogP contribution in [0.25, 0.3) is 0 Å². The molecular formula is C9H7BrFN3OS. The van der Waals surface area contributed by atoms with Crippen molar-refractivity contribution in [2.45, 2.75) is 6.54 Å². The number of rotatable bonds is 3. The van der Waals surface area contributed by atoms with Crippen molar-refractivity contribution in [3.8, 4) is 0 Å². The van der Waals surface area contributed by atoms with Crippen molar-refractivity contribution >= 4 is 33.1 Å². The first kappa shape index (κ1) is 11.3. The molecule has 0 saturated heterocycles. The maximum absolute atomic E-state index is 13.3. The third-order valence-electron chi connectivity index (χ3n) is 1.82. The maximum Gasteiger partial charge on any atom is 0.304 e. The Morgan fingerprint density at radius 3 is 3.06 bits per heavy atom. The van der Waals surface area contributed by atoms with E-state index >= 15 is 0 Å². The molecule has 0 saturated carbocycles. The molecule has 2 N–H and O–H groups in total. The number of halogens is 2. The predicted octanol–water partition coefficient (Wildman–Crippen LogP) is 2.35. The average molecular weight is 304 g/mol. The van der Waals surface area contributed by atoms with Crippen LogP contribution in [-0.4, -0.2) is 9.97 Å². The summed E-state index contributed by atoms with van der Waals surface area (Å²) in [5.74, 6) is -0.276. The molecule has 16 heavy (non-hydrogen) atoms. The molecular weight excluding hydrogens is 297 g/mol. The van der Waals surface area contributed by atoms with Gasteiger partial charge in [0.05, 0.1) is 6.54 Å². The molecule has 2 aromatic heterocycles. The topological polar surface area (TPSA) is 57.8 Å². The summed E-state index contributed by atoms with van der Waals surface area (Å²) in [6, 6.07) is 1.33. The number of nitrogens with one attached hydrogen (secondary N) is 2. The lowest BCUT2D eigenvalue weighted by Gasteiger charge is -2.04. The summed E-state index contributed by atoms with van der Waals surface area (Å²) in [5.41, 5.74) is 0.708. The van der Waals surface area contributed by atoms with Crippen LogP contribution in [-0.2, 0) is 6.54 Å². The van der Waals surface area contributed by atoms with E-state index in [0.29, 0.717) is 16.7 Å². The van der Waals surface area contributed by atoms with Gasteiger partial charge in [0.15, 0.2) is 11.6 Å². The first-order valence-electron chi connectivity index (χ1n) is 4.37. The zero-order valence-electron chi connectivity index (χ0n) is 7.96. The van der Waals surface area contributed by atoms with Gasteiger partial charge in [0.25, 0.3) is 0 Å². The molecule has 4 nitrogen and oxygen atoms in total. The number of H-pyrrole nitrogens is 1. The van der Waals surface area contributed by atoms with Crippen molar-refractivity contribution in [3.63, 3.8) is 0 Å². The third kappa shape index (κ3) is 2.67. The number of aromatic amines is 1. The van der Waals surface area contributed by atoms with Crippen LogP contribution in [0.1, 0.15) is 5.69 Å². The second-order valence-electron chi connectivity index (χ2n) is 3.01. The molecule has 0 fully saturated rings. The number of pyridine rings is 1. The minimum atomic E-state index is -0.438. The fourth-order valence-corrected chi connectivity index (χ4v) is 2.01. The molecule has 0 unspecified atom stereocenters. The van der Waals surface area contributed by atoms with E-state index < -0.39 is 5.82 Å². The SMILES string of the molecule is O=c1[nH]c(CNc2ncc(Br)cc2F)cs1. The summed E-state index contributed by atoms with van der Waals surface area (Å²) in [5, 5.41) is 4.49. The minimum Gasteiger partial charge on any atom is -0.362 e. The fourth-order valence-electron chi connectivity index (χ4n) is 1.12. The number of hydrogen-bond acceptors (Lipinski definition) is 4. The molecule has 2 aromatic rings. The number of aromatic nitrogens is 2. The van der Waals surface area contributed by atoms with Gasteiger partial charge in [-0.2, -0.15) is 0 Å². The van der Waals surface area contributed by atoms with Crippen LogP contribution in [0, 0.1) is 5.82 Å². The highest BCUT2D eigenvalue weighted by Gasteiger charge is 2.04. The lowest BCUT2D eigenvalue weighted by molar-refractivity contribution is 0.623. The standard InChI is InChI=1S/C9H7BrFN3OS/c10-5-1-7(11)8(12-2-5)13-3-6-4-16-9(15)14-6/h1-2,4H,3H2,(H,12,13)(H,14,15). The molecule has 7 heteroatoms. The predicted molar refractivity (Wildman–Crippen MR) is 64.2 cm³/mol. The molecule has 0 aromatic carbocycles. The zero-order valence-corrected chi connectivity index (χ0v) is 10.4. The Morgan fingerprint density at radius 2 is 2.44 bits per heavy atom. The van der Waals surface area contributed by atoms with Crippen LogP contribution in [0.2, 0.25) is 0 Å². The second-order valence-corrected chi connectivity index (χ2v) is 4.77. The van der Waals surface area contributed by atoms with Gasteiger partial charge in [-0.1, -0.05) is 11.3 Å². The monoisotopic (exact) mass is 303 g/mol. The van der Waals surface area contributed by atoms with E-state index in [9.17, 15) is 9.18 Å². The summed E-state index contributed by atoms with van der Waals surface area (Å²) < 4.78 is 13.9. The number of nitrogens with zero attached hydrogens (tertiary/aromatic N) is 1. The highest BCUT2D eigenvalue weighted by atomic mass is 79.9. The van der Waals surface area contributed by atoms with E-state index in [-0.39, 0.29) is 10.7 Å². The second kappa shape index (κ2) is 4.75. The van der Waals surface area contributed by atoms with Gasteiger partial charge >= 0.3 is 4.87 Å². The molecule has 0 aliphatic heterocycles. The molecule has 0 aliphatic rings. The van der Waals surface area contributed by atoms with Crippen molar-refractivity contribution in [2.24, 2.45) is 0 Å². The van der Waals surface area contributed by atoms with Crippen molar-refractivity contribution in [3.05, 3.63) is 43.3 Å². The van der Waals surface area contributed by atoms with Crippen LogP contribution in [0.4, 0.5) is 10.2 Å².